The second-order valence-electron chi connectivity index (χ2n) is 6.99. The summed E-state index contributed by atoms with van der Waals surface area (Å²) in [5, 5.41) is 3.59. The van der Waals surface area contributed by atoms with Gasteiger partial charge in [0, 0.05) is 18.1 Å². The summed E-state index contributed by atoms with van der Waals surface area (Å²) in [4.78, 5) is 15.0. The molecule has 1 amide bonds. The molecule has 1 N–H and O–H groups in total. The predicted molar refractivity (Wildman–Crippen MR) is 109 cm³/mol. The van der Waals surface area contributed by atoms with Gasteiger partial charge in [0.25, 0.3) is 5.91 Å². The van der Waals surface area contributed by atoms with Crippen LogP contribution in [-0.2, 0) is 17.9 Å². The monoisotopic (exact) mass is 386 g/mol. The minimum absolute atomic E-state index is 0.109. The van der Waals surface area contributed by atoms with Crippen molar-refractivity contribution in [3.05, 3.63) is 64.7 Å². The van der Waals surface area contributed by atoms with E-state index in [1.165, 1.54) is 31.5 Å². The number of carbonyl (C=O) groups is 1. The number of amides is 1. The number of hydrogen-bond donors (Lipinski definition) is 1. The van der Waals surface area contributed by atoms with Gasteiger partial charge in [-0.2, -0.15) is 0 Å². The van der Waals surface area contributed by atoms with Gasteiger partial charge in [0.15, 0.2) is 6.10 Å². The van der Waals surface area contributed by atoms with E-state index in [-0.39, 0.29) is 5.91 Å². The molecule has 5 heteroatoms. The van der Waals surface area contributed by atoms with Crippen molar-refractivity contribution in [2.75, 3.05) is 13.1 Å². The van der Waals surface area contributed by atoms with E-state index in [0.29, 0.717) is 23.7 Å². The molecule has 0 aliphatic carbocycles. The van der Waals surface area contributed by atoms with Gasteiger partial charge in [-0.1, -0.05) is 48.9 Å². The van der Waals surface area contributed by atoms with Crippen molar-refractivity contribution < 1.29 is 9.53 Å². The molecule has 2 aromatic rings. The molecule has 3 rings (SSSR count). The number of carbonyl (C=O) groups excluding carboxylic acids is 1. The zero-order valence-electron chi connectivity index (χ0n) is 15.8. The van der Waals surface area contributed by atoms with E-state index < -0.39 is 6.10 Å². The molecular weight excluding hydrogens is 360 g/mol. The largest absolute Gasteiger partial charge is 0.481 e. The zero-order valence-corrected chi connectivity index (χ0v) is 16.5. The second-order valence-corrected chi connectivity index (χ2v) is 7.43. The summed E-state index contributed by atoms with van der Waals surface area (Å²) in [5.74, 6) is 0.500. The van der Waals surface area contributed by atoms with Gasteiger partial charge in [0.05, 0.1) is 0 Å². The van der Waals surface area contributed by atoms with Gasteiger partial charge in [-0.3, -0.25) is 9.69 Å². The SMILES string of the molecule is CC[C@@H](Oc1cccc(Cl)c1)C(=O)NCc1cccc(CN2CCCC2)c1. The lowest BCUT2D eigenvalue weighted by Crippen LogP contribution is -2.37. The fourth-order valence-corrected chi connectivity index (χ4v) is 3.55. The summed E-state index contributed by atoms with van der Waals surface area (Å²) < 4.78 is 5.80. The highest BCUT2D eigenvalue weighted by molar-refractivity contribution is 6.30. The number of nitrogens with one attached hydrogen (secondary N) is 1. The van der Waals surface area contributed by atoms with Crippen molar-refractivity contribution in [2.45, 2.75) is 45.4 Å². The Hall–Kier alpha value is -2.04. The van der Waals surface area contributed by atoms with E-state index in [1.807, 2.05) is 25.1 Å². The van der Waals surface area contributed by atoms with E-state index in [4.69, 9.17) is 16.3 Å². The summed E-state index contributed by atoms with van der Waals surface area (Å²) in [7, 11) is 0. The first-order chi connectivity index (χ1) is 13.1. The quantitative estimate of drug-likeness (QED) is 0.730. The van der Waals surface area contributed by atoms with Gasteiger partial charge in [0.1, 0.15) is 5.75 Å². The van der Waals surface area contributed by atoms with Crippen molar-refractivity contribution >= 4 is 17.5 Å². The molecule has 1 atom stereocenters. The summed E-state index contributed by atoms with van der Waals surface area (Å²) >= 11 is 5.98. The van der Waals surface area contributed by atoms with Gasteiger partial charge in [-0.05, 0) is 61.7 Å². The Labute approximate surface area is 166 Å². The third-order valence-electron chi connectivity index (χ3n) is 4.80. The molecule has 0 unspecified atom stereocenters. The lowest BCUT2D eigenvalue weighted by atomic mass is 10.1. The maximum absolute atomic E-state index is 12.5. The van der Waals surface area contributed by atoms with Gasteiger partial charge in [-0.15, -0.1) is 0 Å². The third-order valence-corrected chi connectivity index (χ3v) is 5.04. The molecule has 0 saturated carbocycles. The third kappa shape index (κ3) is 5.98. The van der Waals surface area contributed by atoms with Crippen LogP contribution in [0, 0.1) is 0 Å². The van der Waals surface area contributed by atoms with Crippen LogP contribution in [0.5, 0.6) is 5.75 Å². The molecule has 1 fully saturated rings. The van der Waals surface area contributed by atoms with Crippen molar-refractivity contribution in [1.82, 2.24) is 10.2 Å². The molecule has 1 heterocycles. The lowest BCUT2D eigenvalue weighted by Gasteiger charge is -2.18. The highest BCUT2D eigenvalue weighted by Gasteiger charge is 2.18. The molecule has 1 aliphatic heterocycles. The standard InChI is InChI=1S/C22H27ClN2O2/c1-2-21(27-20-10-6-9-19(23)14-20)22(26)24-15-17-7-5-8-18(13-17)16-25-11-3-4-12-25/h5-10,13-14,21H,2-4,11-12,15-16H2,1H3,(H,24,26)/t21-/m1/s1. The van der Waals surface area contributed by atoms with Gasteiger partial charge in [0.2, 0.25) is 0 Å². The van der Waals surface area contributed by atoms with Crippen molar-refractivity contribution in [2.24, 2.45) is 0 Å². The van der Waals surface area contributed by atoms with Crippen LogP contribution in [0.15, 0.2) is 48.5 Å². The van der Waals surface area contributed by atoms with E-state index in [2.05, 4.69) is 28.4 Å². The van der Waals surface area contributed by atoms with Crippen LogP contribution in [0.2, 0.25) is 5.02 Å². The van der Waals surface area contributed by atoms with Crippen molar-refractivity contribution in [1.29, 1.82) is 0 Å². The normalized spacial score (nSPS) is 15.5. The number of rotatable bonds is 8. The van der Waals surface area contributed by atoms with Crippen LogP contribution in [0.3, 0.4) is 0 Å². The number of benzene rings is 2. The Morgan fingerprint density at radius 3 is 2.63 bits per heavy atom. The van der Waals surface area contributed by atoms with Crippen LogP contribution < -0.4 is 10.1 Å². The summed E-state index contributed by atoms with van der Waals surface area (Å²) in [6, 6.07) is 15.6. The maximum Gasteiger partial charge on any atom is 0.261 e. The van der Waals surface area contributed by atoms with Crippen LogP contribution in [0.25, 0.3) is 0 Å². The molecule has 27 heavy (non-hydrogen) atoms. The van der Waals surface area contributed by atoms with Crippen molar-refractivity contribution in [3.8, 4) is 5.75 Å². The number of nitrogens with zero attached hydrogens (tertiary/aromatic N) is 1. The van der Waals surface area contributed by atoms with Crippen molar-refractivity contribution in [3.63, 3.8) is 0 Å². The molecule has 4 nitrogen and oxygen atoms in total. The summed E-state index contributed by atoms with van der Waals surface area (Å²) in [6.45, 7) is 5.78. The Bertz CT molecular complexity index is 759. The Morgan fingerprint density at radius 1 is 1.15 bits per heavy atom. The Balaban J connectivity index is 1.54. The second kappa shape index (κ2) is 9.77. The maximum atomic E-state index is 12.5. The minimum Gasteiger partial charge on any atom is -0.481 e. The molecule has 0 spiro atoms. The van der Waals surface area contributed by atoms with Gasteiger partial charge >= 0.3 is 0 Å². The van der Waals surface area contributed by atoms with Crippen LogP contribution in [0.4, 0.5) is 0 Å². The molecular formula is C22H27ClN2O2. The van der Waals surface area contributed by atoms with E-state index in [1.54, 1.807) is 12.1 Å². The Morgan fingerprint density at radius 2 is 1.89 bits per heavy atom. The number of halogens is 1. The van der Waals surface area contributed by atoms with E-state index in [9.17, 15) is 4.79 Å². The van der Waals surface area contributed by atoms with E-state index >= 15 is 0 Å². The molecule has 0 aromatic heterocycles. The first kappa shape index (κ1) is 19.7. The topological polar surface area (TPSA) is 41.6 Å². The number of ether oxygens (including phenoxy) is 1. The van der Waals surface area contributed by atoms with Crippen LogP contribution >= 0.6 is 11.6 Å². The lowest BCUT2D eigenvalue weighted by molar-refractivity contribution is -0.128. The van der Waals surface area contributed by atoms with Crippen LogP contribution in [-0.4, -0.2) is 30.0 Å². The van der Waals surface area contributed by atoms with Gasteiger partial charge in [-0.25, -0.2) is 0 Å². The average Bonchev–Trinajstić information content (AvgIpc) is 3.17. The van der Waals surface area contributed by atoms with E-state index in [0.717, 1.165) is 12.1 Å². The first-order valence-electron chi connectivity index (χ1n) is 9.64. The predicted octanol–water partition coefficient (Wildman–Crippen LogP) is 4.41. The fourth-order valence-electron chi connectivity index (χ4n) is 3.37. The number of likely N-dealkylation sites (tertiary alicyclic amines) is 1. The average molecular weight is 387 g/mol. The summed E-state index contributed by atoms with van der Waals surface area (Å²) in [5.41, 5.74) is 2.41. The Kier molecular flexibility index (Phi) is 7.13. The number of hydrogen-bond acceptors (Lipinski definition) is 3. The first-order valence-corrected chi connectivity index (χ1v) is 10.0. The summed E-state index contributed by atoms with van der Waals surface area (Å²) in [6.07, 6.45) is 2.64. The molecule has 144 valence electrons. The highest BCUT2D eigenvalue weighted by Crippen LogP contribution is 2.19. The van der Waals surface area contributed by atoms with Crippen LogP contribution in [0.1, 0.15) is 37.3 Å². The zero-order chi connectivity index (χ0) is 19.1. The highest BCUT2D eigenvalue weighted by atomic mass is 35.5. The molecule has 0 bridgehead atoms. The molecule has 1 aliphatic rings. The molecule has 2 aromatic carbocycles. The fraction of sp³-hybridized carbons (Fsp3) is 0.409. The smallest absolute Gasteiger partial charge is 0.261 e. The molecule has 0 radical (unpaired) electrons. The van der Waals surface area contributed by atoms with Gasteiger partial charge < -0.3 is 10.1 Å². The molecule has 1 saturated heterocycles. The minimum atomic E-state index is -0.531.